The van der Waals surface area contributed by atoms with E-state index in [1.54, 1.807) is 11.3 Å². The summed E-state index contributed by atoms with van der Waals surface area (Å²) >= 11 is 3.21. The number of thioether (sulfide) groups is 1. The van der Waals surface area contributed by atoms with E-state index in [2.05, 4.69) is 32.3 Å². The van der Waals surface area contributed by atoms with Crippen LogP contribution in [0, 0.1) is 0 Å². The number of carbonyl (C=O) groups excluding carboxylic acids is 1. The molecule has 4 rings (SSSR count). The topological polar surface area (TPSA) is 57.0 Å². The van der Waals surface area contributed by atoms with Gasteiger partial charge in [-0.05, 0) is 55.5 Å². The zero-order valence-corrected chi connectivity index (χ0v) is 16.8. The van der Waals surface area contributed by atoms with Gasteiger partial charge in [-0.15, -0.1) is 21.5 Å². The van der Waals surface area contributed by atoms with Gasteiger partial charge in [0.15, 0.2) is 10.9 Å². The van der Waals surface area contributed by atoms with Gasteiger partial charge in [-0.25, -0.2) is 0 Å². The van der Waals surface area contributed by atoms with E-state index >= 15 is 0 Å². The molecule has 0 unspecified atom stereocenters. The second-order valence-electron chi connectivity index (χ2n) is 6.43. The molecule has 0 atom stereocenters. The lowest BCUT2D eigenvalue weighted by molar-refractivity contribution is 0.102. The molecule has 1 aromatic carbocycles. The Balaban J connectivity index is 1.43. The van der Waals surface area contributed by atoms with Crippen LogP contribution in [0.15, 0.2) is 46.9 Å². The molecule has 27 heavy (non-hydrogen) atoms. The first-order chi connectivity index (χ1) is 13.2. The number of hydrogen-bond donors (Lipinski definition) is 0. The van der Waals surface area contributed by atoms with E-state index in [4.69, 9.17) is 4.74 Å². The van der Waals surface area contributed by atoms with Crippen LogP contribution in [0.1, 0.15) is 46.9 Å². The van der Waals surface area contributed by atoms with Crippen molar-refractivity contribution in [3.8, 4) is 5.75 Å². The van der Waals surface area contributed by atoms with Gasteiger partial charge < -0.3 is 9.30 Å². The van der Waals surface area contributed by atoms with Gasteiger partial charge in [-0.2, -0.15) is 0 Å². The first-order valence-electron chi connectivity index (χ1n) is 9.09. The largest absolute Gasteiger partial charge is 0.494 e. The number of benzene rings is 1. The van der Waals surface area contributed by atoms with Crippen molar-refractivity contribution in [2.75, 3.05) is 12.4 Å². The zero-order chi connectivity index (χ0) is 18.6. The van der Waals surface area contributed by atoms with E-state index in [0.717, 1.165) is 36.0 Å². The maximum absolute atomic E-state index is 12.5. The van der Waals surface area contributed by atoms with E-state index in [9.17, 15) is 4.79 Å². The lowest BCUT2D eigenvalue weighted by Gasteiger charge is -2.08. The fourth-order valence-electron chi connectivity index (χ4n) is 2.91. The highest BCUT2D eigenvalue weighted by atomic mass is 32.2. The van der Waals surface area contributed by atoms with E-state index < -0.39 is 0 Å². The van der Waals surface area contributed by atoms with Crippen molar-refractivity contribution in [2.24, 2.45) is 0 Å². The Morgan fingerprint density at radius 3 is 2.74 bits per heavy atom. The van der Waals surface area contributed by atoms with Crippen molar-refractivity contribution < 1.29 is 9.53 Å². The SMILES string of the molecule is CCOc1ccc(C(=O)CSc2nnc(Cc3cccs3)n2C2CC2)cc1. The number of ketones is 1. The number of Topliss-reactive ketones (excluding diaryl/α,β-unsaturated/α-hetero) is 1. The van der Waals surface area contributed by atoms with Crippen molar-refractivity contribution in [1.82, 2.24) is 14.8 Å². The molecule has 0 saturated heterocycles. The Hall–Kier alpha value is -2.12. The highest BCUT2D eigenvalue weighted by Gasteiger charge is 2.30. The van der Waals surface area contributed by atoms with Crippen LogP contribution in [0.5, 0.6) is 5.75 Å². The van der Waals surface area contributed by atoms with Gasteiger partial charge in [0.2, 0.25) is 0 Å². The number of thiophene rings is 1. The molecule has 1 aliphatic rings. The van der Waals surface area contributed by atoms with E-state index in [0.29, 0.717) is 24.0 Å². The lowest BCUT2D eigenvalue weighted by Crippen LogP contribution is -2.06. The summed E-state index contributed by atoms with van der Waals surface area (Å²) in [7, 11) is 0. The van der Waals surface area contributed by atoms with E-state index in [-0.39, 0.29) is 5.78 Å². The molecule has 1 fully saturated rings. The molecule has 1 aliphatic carbocycles. The minimum Gasteiger partial charge on any atom is -0.494 e. The van der Waals surface area contributed by atoms with Gasteiger partial charge in [0.05, 0.1) is 12.4 Å². The number of hydrogen-bond acceptors (Lipinski definition) is 6. The zero-order valence-electron chi connectivity index (χ0n) is 15.1. The normalized spacial score (nSPS) is 13.7. The Labute approximate surface area is 166 Å². The van der Waals surface area contributed by atoms with Crippen LogP contribution in [-0.2, 0) is 6.42 Å². The van der Waals surface area contributed by atoms with Gasteiger partial charge in [0, 0.05) is 22.9 Å². The summed E-state index contributed by atoms with van der Waals surface area (Å²) in [5.74, 6) is 2.23. The van der Waals surface area contributed by atoms with Crippen molar-refractivity contribution in [1.29, 1.82) is 0 Å². The number of aromatic nitrogens is 3. The average Bonchev–Trinajstić information content (AvgIpc) is 3.23. The number of nitrogens with zero attached hydrogens (tertiary/aromatic N) is 3. The summed E-state index contributed by atoms with van der Waals surface area (Å²) in [6, 6.07) is 12.0. The van der Waals surface area contributed by atoms with Gasteiger partial charge in [-0.1, -0.05) is 17.8 Å². The fourth-order valence-corrected chi connectivity index (χ4v) is 4.53. The highest BCUT2D eigenvalue weighted by molar-refractivity contribution is 7.99. The van der Waals surface area contributed by atoms with Crippen LogP contribution in [0.3, 0.4) is 0 Å². The summed E-state index contributed by atoms with van der Waals surface area (Å²) in [5.41, 5.74) is 0.697. The van der Waals surface area contributed by atoms with Crippen LogP contribution >= 0.6 is 23.1 Å². The standard InChI is InChI=1S/C20H21N3O2S2/c1-2-25-16-9-5-14(6-10-16)18(24)13-27-20-22-21-19(23(20)15-7-8-15)12-17-4-3-11-26-17/h3-6,9-11,15H,2,7-8,12-13H2,1H3. The van der Waals surface area contributed by atoms with E-state index in [1.165, 1.54) is 16.6 Å². The minimum atomic E-state index is 0.0909. The second kappa shape index (κ2) is 8.27. The van der Waals surface area contributed by atoms with Crippen molar-refractivity contribution in [3.05, 3.63) is 58.0 Å². The summed E-state index contributed by atoms with van der Waals surface area (Å²) in [6.45, 7) is 2.56. The van der Waals surface area contributed by atoms with Crippen molar-refractivity contribution in [2.45, 2.75) is 37.4 Å². The number of rotatable bonds is 9. The molecule has 2 heterocycles. The average molecular weight is 400 g/mol. The van der Waals surface area contributed by atoms with Gasteiger partial charge in [0.1, 0.15) is 11.6 Å². The molecule has 0 amide bonds. The first-order valence-corrected chi connectivity index (χ1v) is 11.0. The van der Waals surface area contributed by atoms with Crippen LogP contribution in [0.25, 0.3) is 0 Å². The Kier molecular flexibility index (Phi) is 5.59. The molecule has 140 valence electrons. The van der Waals surface area contributed by atoms with Gasteiger partial charge in [-0.3, -0.25) is 4.79 Å². The molecular weight excluding hydrogens is 378 g/mol. The number of ether oxygens (including phenoxy) is 1. The Morgan fingerprint density at radius 1 is 1.26 bits per heavy atom. The predicted octanol–water partition coefficient (Wildman–Crippen LogP) is 4.64. The summed E-state index contributed by atoms with van der Waals surface area (Å²) < 4.78 is 7.66. The first kappa shape index (κ1) is 18.3. The maximum atomic E-state index is 12.5. The predicted molar refractivity (Wildman–Crippen MR) is 108 cm³/mol. The third-order valence-electron chi connectivity index (χ3n) is 4.38. The smallest absolute Gasteiger partial charge is 0.191 e. The molecule has 0 radical (unpaired) electrons. The second-order valence-corrected chi connectivity index (χ2v) is 8.40. The summed E-state index contributed by atoms with van der Waals surface area (Å²) in [4.78, 5) is 13.8. The molecule has 7 heteroatoms. The molecular formula is C20H21N3O2S2. The quantitative estimate of drug-likeness (QED) is 0.388. The molecule has 0 bridgehead atoms. The third kappa shape index (κ3) is 4.42. The van der Waals surface area contributed by atoms with Crippen LogP contribution in [-0.4, -0.2) is 32.9 Å². The Bertz CT molecular complexity index is 900. The van der Waals surface area contributed by atoms with Gasteiger partial charge >= 0.3 is 0 Å². The molecule has 5 nitrogen and oxygen atoms in total. The third-order valence-corrected chi connectivity index (χ3v) is 6.20. The van der Waals surface area contributed by atoms with Crippen LogP contribution < -0.4 is 4.74 Å². The van der Waals surface area contributed by atoms with E-state index in [1.807, 2.05) is 31.2 Å². The molecule has 0 N–H and O–H groups in total. The lowest BCUT2D eigenvalue weighted by atomic mass is 10.1. The monoisotopic (exact) mass is 399 g/mol. The molecule has 0 spiro atoms. The maximum Gasteiger partial charge on any atom is 0.191 e. The molecule has 1 saturated carbocycles. The van der Waals surface area contributed by atoms with Crippen molar-refractivity contribution in [3.63, 3.8) is 0 Å². The minimum absolute atomic E-state index is 0.0909. The van der Waals surface area contributed by atoms with Gasteiger partial charge in [0.25, 0.3) is 0 Å². The summed E-state index contributed by atoms with van der Waals surface area (Å²) in [5, 5.41) is 11.7. The Morgan fingerprint density at radius 2 is 2.07 bits per heavy atom. The molecule has 2 aromatic heterocycles. The van der Waals surface area contributed by atoms with Crippen molar-refractivity contribution >= 4 is 28.9 Å². The molecule has 3 aromatic rings. The van der Waals surface area contributed by atoms with Crippen LogP contribution in [0.2, 0.25) is 0 Å². The summed E-state index contributed by atoms with van der Waals surface area (Å²) in [6.07, 6.45) is 3.13. The highest BCUT2D eigenvalue weighted by Crippen LogP contribution is 2.39. The van der Waals surface area contributed by atoms with Crippen LogP contribution in [0.4, 0.5) is 0 Å². The number of carbonyl (C=O) groups is 1. The fraction of sp³-hybridized carbons (Fsp3) is 0.350. The molecule has 0 aliphatic heterocycles.